The number of nitrogens with zero attached hydrogens (tertiary/aromatic N) is 4. The molecule has 0 bridgehead atoms. The van der Waals surface area contributed by atoms with Crippen molar-refractivity contribution in [1.29, 1.82) is 0 Å². The molecule has 156 valence electrons. The fourth-order valence-corrected chi connectivity index (χ4v) is 2.95. The van der Waals surface area contributed by atoms with Gasteiger partial charge in [0.25, 0.3) is 5.91 Å². The van der Waals surface area contributed by atoms with Gasteiger partial charge in [0.15, 0.2) is 5.69 Å². The molecule has 3 rings (SSSR count). The maximum atomic E-state index is 14.1. The third kappa shape index (κ3) is 4.12. The van der Waals surface area contributed by atoms with Crippen LogP contribution in [0.15, 0.2) is 35.1 Å². The lowest BCUT2D eigenvalue weighted by atomic mass is 10.2. The summed E-state index contributed by atoms with van der Waals surface area (Å²) in [6, 6.07) is 7.06. The van der Waals surface area contributed by atoms with E-state index in [1.165, 1.54) is 28.9 Å². The molecule has 0 saturated heterocycles. The van der Waals surface area contributed by atoms with E-state index >= 15 is 0 Å². The minimum absolute atomic E-state index is 0.101. The molecule has 0 spiro atoms. The fourth-order valence-electron chi connectivity index (χ4n) is 2.95. The van der Waals surface area contributed by atoms with Crippen LogP contribution in [0.5, 0.6) is 0 Å². The van der Waals surface area contributed by atoms with Gasteiger partial charge in [-0.3, -0.25) is 19.1 Å². The predicted octanol–water partition coefficient (Wildman–Crippen LogP) is 1.40. The van der Waals surface area contributed by atoms with E-state index in [0.717, 1.165) is 5.69 Å². The van der Waals surface area contributed by atoms with Crippen molar-refractivity contribution in [1.82, 2.24) is 24.9 Å². The lowest BCUT2D eigenvalue weighted by Crippen LogP contribution is -2.37. The second-order valence-corrected chi connectivity index (χ2v) is 6.76. The molecule has 3 aromatic rings. The van der Waals surface area contributed by atoms with Crippen LogP contribution in [0.25, 0.3) is 5.69 Å². The van der Waals surface area contributed by atoms with Crippen LogP contribution in [-0.2, 0) is 11.8 Å². The molecule has 30 heavy (non-hydrogen) atoms. The zero-order valence-corrected chi connectivity index (χ0v) is 17.0. The minimum atomic E-state index is -0.833. The molecule has 0 radical (unpaired) electrons. The Morgan fingerprint density at radius 2 is 1.83 bits per heavy atom. The standard InChI is InChI=1S/C20H21FN6O3/c1-11-9-16(28)19(25-27(11)15-8-6-5-7-14(15)21)20(30)22-10-17(29)23-18-12(2)24-26(4)13(18)3/h5-9H,10H2,1-4H3,(H,22,30)(H,23,29). The van der Waals surface area contributed by atoms with E-state index in [9.17, 15) is 18.8 Å². The second-order valence-electron chi connectivity index (χ2n) is 6.76. The van der Waals surface area contributed by atoms with E-state index in [0.29, 0.717) is 17.1 Å². The highest BCUT2D eigenvalue weighted by Crippen LogP contribution is 2.18. The van der Waals surface area contributed by atoms with Crippen molar-refractivity contribution in [3.05, 3.63) is 69.1 Å². The SMILES string of the molecule is Cc1nn(C)c(C)c1NC(=O)CNC(=O)c1nn(-c2ccccc2F)c(C)cc1=O. The Balaban J connectivity index is 1.77. The summed E-state index contributed by atoms with van der Waals surface area (Å²) >= 11 is 0. The molecule has 0 unspecified atom stereocenters. The molecule has 0 atom stereocenters. The van der Waals surface area contributed by atoms with Crippen molar-refractivity contribution in [3.8, 4) is 5.69 Å². The molecular weight excluding hydrogens is 391 g/mol. The number of hydrogen-bond donors (Lipinski definition) is 2. The van der Waals surface area contributed by atoms with E-state index in [-0.39, 0.29) is 12.2 Å². The number of carbonyl (C=O) groups excluding carboxylic acids is 2. The quantitative estimate of drug-likeness (QED) is 0.658. The number of halogens is 1. The normalized spacial score (nSPS) is 10.7. The molecule has 0 saturated carbocycles. The first-order valence-corrected chi connectivity index (χ1v) is 9.13. The Bertz CT molecular complexity index is 1200. The van der Waals surface area contributed by atoms with Crippen molar-refractivity contribution < 1.29 is 14.0 Å². The van der Waals surface area contributed by atoms with Crippen LogP contribution in [0.1, 0.15) is 27.6 Å². The summed E-state index contributed by atoms with van der Waals surface area (Å²) in [6.07, 6.45) is 0. The molecular formula is C20H21FN6O3. The molecule has 2 aromatic heterocycles. The van der Waals surface area contributed by atoms with Crippen LogP contribution >= 0.6 is 0 Å². The van der Waals surface area contributed by atoms with Crippen LogP contribution < -0.4 is 16.1 Å². The van der Waals surface area contributed by atoms with Gasteiger partial charge in [0, 0.05) is 18.8 Å². The lowest BCUT2D eigenvalue weighted by molar-refractivity contribution is -0.115. The number of aryl methyl sites for hydroxylation is 3. The molecule has 0 aliphatic heterocycles. The van der Waals surface area contributed by atoms with Gasteiger partial charge in [-0.2, -0.15) is 10.2 Å². The van der Waals surface area contributed by atoms with Gasteiger partial charge in [0.2, 0.25) is 11.3 Å². The van der Waals surface area contributed by atoms with Gasteiger partial charge in [-0.15, -0.1) is 0 Å². The van der Waals surface area contributed by atoms with Crippen LogP contribution in [0.2, 0.25) is 0 Å². The summed E-state index contributed by atoms with van der Waals surface area (Å²) in [5.41, 5.74) is 1.36. The number of nitrogens with one attached hydrogen (secondary N) is 2. The third-order valence-electron chi connectivity index (χ3n) is 4.59. The third-order valence-corrected chi connectivity index (χ3v) is 4.59. The van der Waals surface area contributed by atoms with Crippen LogP contribution in [0.4, 0.5) is 10.1 Å². The van der Waals surface area contributed by atoms with Crippen molar-refractivity contribution >= 4 is 17.5 Å². The van der Waals surface area contributed by atoms with Crippen LogP contribution in [0, 0.1) is 26.6 Å². The average Bonchev–Trinajstić information content (AvgIpc) is 2.93. The van der Waals surface area contributed by atoms with Crippen molar-refractivity contribution in [2.75, 3.05) is 11.9 Å². The van der Waals surface area contributed by atoms with Crippen molar-refractivity contribution in [2.24, 2.45) is 7.05 Å². The van der Waals surface area contributed by atoms with Gasteiger partial charge < -0.3 is 10.6 Å². The molecule has 0 aliphatic carbocycles. The summed E-state index contributed by atoms with van der Waals surface area (Å²) in [5, 5.41) is 13.3. The van der Waals surface area contributed by atoms with Crippen LogP contribution in [-0.4, -0.2) is 37.9 Å². The molecule has 2 N–H and O–H groups in total. The smallest absolute Gasteiger partial charge is 0.276 e. The number of amides is 2. The van der Waals surface area contributed by atoms with E-state index in [2.05, 4.69) is 20.8 Å². The van der Waals surface area contributed by atoms with E-state index in [1.807, 2.05) is 0 Å². The zero-order chi connectivity index (χ0) is 22.0. The largest absolute Gasteiger partial charge is 0.341 e. The van der Waals surface area contributed by atoms with Crippen molar-refractivity contribution in [2.45, 2.75) is 20.8 Å². The maximum Gasteiger partial charge on any atom is 0.276 e. The van der Waals surface area contributed by atoms with Gasteiger partial charge >= 0.3 is 0 Å². The monoisotopic (exact) mass is 412 g/mol. The maximum absolute atomic E-state index is 14.1. The Labute approximate surface area is 171 Å². The van der Waals surface area contributed by atoms with Crippen molar-refractivity contribution in [3.63, 3.8) is 0 Å². The highest BCUT2D eigenvalue weighted by molar-refractivity contribution is 5.98. The molecule has 2 heterocycles. The lowest BCUT2D eigenvalue weighted by Gasteiger charge is -2.12. The average molecular weight is 412 g/mol. The Kier molecular flexibility index (Phi) is 5.77. The number of para-hydroxylation sites is 1. The van der Waals surface area contributed by atoms with Gasteiger partial charge in [-0.25, -0.2) is 9.07 Å². The molecule has 0 aliphatic rings. The first-order chi connectivity index (χ1) is 14.2. The Morgan fingerprint density at radius 1 is 1.13 bits per heavy atom. The van der Waals surface area contributed by atoms with Gasteiger partial charge in [-0.05, 0) is 32.9 Å². The summed E-state index contributed by atoms with van der Waals surface area (Å²) in [4.78, 5) is 36.9. The summed E-state index contributed by atoms with van der Waals surface area (Å²) in [7, 11) is 1.75. The Morgan fingerprint density at radius 3 is 2.47 bits per heavy atom. The van der Waals surface area contributed by atoms with Gasteiger partial charge in [0.1, 0.15) is 11.5 Å². The summed E-state index contributed by atoms with van der Waals surface area (Å²) in [6.45, 7) is 4.76. The number of aromatic nitrogens is 4. The zero-order valence-electron chi connectivity index (χ0n) is 17.0. The second kappa shape index (κ2) is 8.27. The predicted molar refractivity (Wildman–Crippen MR) is 108 cm³/mol. The highest BCUT2D eigenvalue weighted by atomic mass is 19.1. The highest BCUT2D eigenvalue weighted by Gasteiger charge is 2.18. The number of hydrogen-bond acceptors (Lipinski definition) is 5. The van der Waals surface area contributed by atoms with Gasteiger partial charge in [-0.1, -0.05) is 12.1 Å². The van der Waals surface area contributed by atoms with E-state index in [1.54, 1.807) is 38.6 Å². The summed E-state index contributed by atoms with van der Waals surface area (Å²) in [5.74, 6) is -1.87. The van der Waals surface area contributed by atoms with E-state index in [4.69, 9.17) is 0 Å². The molecule has 1 aromatic carbocycles. The van der Waals surface area contributed by atoms with Gasteiger partial charge in [0.05, 0.1) is 23.6 Å². The minimum Gasteiger partial charge on any atom is -0.341 e. The van der Waals surface area contributed by atoms with Crippen LogP contribution in [0.3, 0.4) is 0 Å². The summed E-state index contributed by atoms with van der Waals surface area (Å²) < 4.78 is 16.9. The first-order valence-electron chi connectivity index (χ1n) is 9.13. The number of anilines is 1. The topological polar surface area (TPSA) is 111 Å². The number of carbonyl (C=O) groups is 2. The Hall–Kier alpha value is -3.82. The molecule has 0 fully saturated rings. The first kappa shape index (κ1) is 20.9. The fraction of sp³-hybridized carbons (Fsp3) is 0.250. The van der Waals surface area contributed by atoms with E-state index < -0.39 is 28.8 Å². The molecule has 2 amide bonds. The molecule has 9 nitrogen and oxygen atoms in total. The molecule has 10 heteroatoms. The number of rotatable bonds is 5. The number of benzene rings is 1.